The van der Waals surface area contributed by atoms with Gasteiger partial charge >= 0.3 is 0 Å². The first-order valence-electron chi connectivity index (χ1n) is 9.46. The van der Waals surface area contributed by atoms with Gasteiger partial charge in [-0.1, -0.05) is 62.6 Å². The molecule has 0 unspecified atom stereocenters. The molecule has 26 heavy (non-hydrogen) atoms. The lowest BCUT2D eigenvalue weighted by molar-refractivity contribution is -0.132. The fourth-order valence-corrected chi connectivity index (χ4v) is 3.16. The van der Waals surface area contributed by atoms with Crippen molar-refractivity contribution in [2.45, 2.75) is 52.1 Å². The second kappa shape index (κ2) is 9.27. The zero-order valence-electron chi connectivity index (χ0n) is 15.4. The van der Waals surface area contributed by atoms with Crippen LogP contribution in [0.2, 0.25) is 0 Å². The molecule has 1 aliphatic rings. The number of amides is 1. The summed E-state index contributed by atoms with van der Waals surface area (Å²) in [7, 11) is 0. The molecule has 138 valence electrons. The molecule has 0 aliphatic carbocycles. The smallest absolute Gasteiger partial charge is 0.231 e. The molecule has 0 aromatic heterocycles. The van der Waals surface area contributed by atoms with Gasteiger partial charge in [0.15, 0.2) is 11.5 Å². The molecule has 2 aromatic rings. The molecule has 0 radical (unpaired) electrons. The fourth-order valence-electron chi connectivity index (χ4n) is 3.16. The number of carbonyl (C=O) groups is 1. The van der Waals surface area contributed by atoms with E-state index in [4.69, 9.17) is 9.47 Å². The van der Waals surface area contributed by atoms with Gasteiger partial charge < -0.3 is 14.4 Å². The molecule has 0 N–H and O–H groups in total. The Hall–Kier alpha value is -2.49. The van der Waals surface area contributed by atoms with Crippen LogP contribution in [0.4, 0.5) is 0 Å². The van der Waals surface area contributed by atoms with Crippen LogP contribution in [0.25, 0.3) is 0 Å². The molecule has 1 aliphatic heterocycles. The number of carbonyl (C=O) groups excluding carboxylic acids is 1. The second-order valence-corrected chi connectivity index (χ2v) is 6.73. The highest BCUT2D eigenvalue weighted by Gasteiger charge is 2.17. The van der Waals surface area contributed by atoms with Gasteiger partial charge in [-0.15, -0.1) is 0 Å². The fraction of sp³-hybridized carbons (Fsp3) is 0.409. The van der Waals surface area contributed by atoms with Crippen LogP contribution in [0.15, 0.2) is 48.5 Å². The highest BCUT2D eigenvalue weighted by molar-refractivity contribution is 5.76. The van der Waals surface area contributed by atoms with Crippen molar-refractivity contribution in [3.63, 3.8) is 0 Å². The van der Waals surface area contributed by atoms with E-state index in [1.807, 2.05) is 41.3 Å². The zero-order chi connectivity index (χ0) is 18.2. The number of benzene rings is 2. The largest absolute Gasteiger partial charge is 0.454 e. The Morgan fingerprint density at radius 1 is 0.923 bits per heavy atom. The summed E-state index contributed by atoms with van der Waals surface area (Å²) in [5, 5.41) is 0. The quantitative estimate of drug-likeness (QED) is 0.601. The normalized spacial score (nSPS) is 12.2. The van der Waals surface area contributed by atoms with Gasteiger partial charge in [0, 0.05) is 19.5 Å². The molecule has 2 aromatic carbocycles. The number of rotatable bonds is 9. The summed E-state index contributed by atoms with van der Waals surface area (Å²) in [6, 6.07) is 16.1. The predicted octanol–water partition coefficient (Wildman–Crippen LogP) is 4.91. The maximum Gasteiger partial charge on any atom is 0.231 e. The molecule has 0 saturated carbocycles. The van der Waals surface area contributed by atoms with Crippen LogP contribution in [0, 0.1) is 0 Å². The molecule has 4 nitrogen and oxygen atoms in total. The van der Waals surface area contributed by atoms with Crippen molar-refractivity contribution in [2.24, 2.45) is 0 Å². The van der Waals surface area contributed by atoms with Crippen molar-refractivity contribution in [3.05, 3.63) is 59.7 Å². The van der Waals surface area contributed by atoms with Crippen LogP contribution in [0.5, 0.6) is 11.5 Å². The molecule has 0 saturated heterocycles. The standard InChI is InChI=1S/C22H27NO3/c1-2-3-4-8-11-22(24)23(15-18-9-6-5-7-10-18)16-19-12-13-20-21(14-19)26-17-25-20/h5-7,9-10,12-14H,2-4,8,11,15-17H2,1H3. The highest BCUT2D eigenvalue weighted by Crippen LogP contribution is 2.33. The minimum Gasteiger partial charge on any atom is -0.454 e. The summed E-state index contributed by atoms with van der Waals surface area (Å²) in [5.74, 6) is 1.74. The Bertz CT molecular complexity index is 715. The number of ether oxygens (including phenoxy) is 2. The van der Waals surface area contributed by atoms with Crippen LogP contribution in [0.3, 0.4) is 0 Å². The molecule has 1 amide bonds. The van der Waals surface area contributed by atoms with Gasteiger partial charge in [0.25, 0.3) is 0 Å². The van der Waals surface area contributed by atoms with Crippen molar-refractivity contribution >= 4 is 5.91 Å². The molecule has 3 rings (SSSR count). The van der Waals surface area contributed by atoms with Crippen molar-refractivity contribution < 1.29 is 14.3 Å². The van der Waals surface area contributed by atoms with Crippen LogP contribution in [-0.4, -0.2) is 17.6 Å². The first-order valence-corrected chi connectivity index (χ1v) is 9.46. The highest BCUT2D eigenvalue weighted by atomic mass is 16.7. The average molecular weight is 353 g/mol. The van der Waals surface area contributed by atoms with Gasteiger partial charge in [0.2, 0.25) is 12.7 Å². The van der Waals surface area contributed by atoms with E-state index in [1.54, 1.807) is 0 Å². The van der Waals surface area contributed by atoms with Crippen molar-refractivity contribution in [2.75, 3.05) is 6.79 Å². The van der Waals surface area contributed by atoms with E-state index in [1.165, 1.54) is 12.8 Å². The van der Waals surface area contributed by atoms with Crippen molar-refractivity contribution in [3.8, 4) is 11.5 Å². The first-order chi connectivity index (χ1) is 12.8. The molecule has 1 heterocycles. The summed E-state index contributed by atoms with van der Waals surface area (Å²) in [5.41, 5.74) is 2.21. The van der Waals surface area contributed by atoms with E-state index in [0.717, 1.165) is 35.5 Å². The van der Waals surface area contributed by atoms with E-state index < -0.39 is 0 Å². The van der Waals surface area contributed by atoms with Gasteiger partial charge in [0.05, 0.1) is 0 Å². The van der Waals surface area contributed by atoms with Gasteiger partial charge in [-0.05, 0) is 29.7 Å². The molecule has 0 atom stereocenters. The summed E-state index contributed by atoms with van der Waals surface area (Å²) in [6.07, 6.45) is 5.05. The molecule has 0 bridgehead atoms. The van der Waals surface area contributed by atoms with Crippen LogP contribution in [-0.2, 0) is 17.9 Å². The minimum atomic E-state index is 0.211. The first kappa shape index (κ1) is 18.3. The van der Waals surface area contributed by atoms with Crippen molar-refractivity contribution in [1.82, 2.24) is 4.90 Å². The van der Waals surface area contributed by atoms with E-state index in [2.05, 4.69) is 19.1 Å². The second-order valence-electron chi connectivity index (χ2n) is 6.73. The van der Waals surface area contributed by atoms with E-state index in [0.29, 0.717) is 19.5 Å². The van der Waals surface area contributed by atoms with Crippen LogP contribution < -0.4 is 9.47 Å². The van der Waals surface area contributed by atoms with E-state index in [9.17, 15) is 4.79 Å². The van der Waals surface area contributed by atoms with Gasteiger partial charge in [-0.2, -0.15) is 0 Å². The Kier molecular flexibility index (Phi) is 6.53. The van der Waals surface area contributed by atoms with Gasteiger partial charge in [0.1, 0.15) is 0 Å². The summed E-state index contributed by atoms with van der Waals surface area (Å²) >= 11 is 0. The van der Waals surface area contributed by atoms with E-state index in [-0.39, 0.29) is 12.7 Å². The average Bonchev–Trinajstić information content (AvgIpc) is 3.13. The Labute approximate surface area is 155 Å². The van der Waals surface area contributed by atoms with Crippen LogP contribution in [0.1, 0.15) is 50.2 Å². The lowest BCUT2D eigenvalue weighted by Crippen LogP contribution is -2.29. The topological polar surface area (TPSA) is 38.8 Å². The predicted molar refractivity (Wildman–Crippen MR) is 102 cm³/mol. The number of unbranched alkanes of at least 4 members (excludes halogenated alkanes) is 3. The molecule has 4 heteroatoms. The number of hydrogen-bond donors (Lipinski definition) is 0. The van der Waals surface area contributed by atoms with Crippen molar-refractivity contribution in [1.29, 1.82) is 0 Å². The summed E-state index contributed by atoms with van der Waals surface area (Å²) in [4.78, 5) is 14.8. The Morgan fingerprint density at radius 3 is 2.50 bits per heavy atom. The number of hydrogen-bond acceptors (Lipinski definition) is 3. The SMILES string of the molecule is CCCCCCC(=O)N(Cc1ccccc1)Cc1ccc2c(c1)OCO2. The third-order valence-electron chi connectivity index (χ3n) is 4.62. The third-order valence-corrected chi connectivity index (χ3v) is 4.62. The van der Waals surface area contributed by atoms with Gasteiger partial charge in [-0.3, -0.25) is 4.79 Å². The lowest BCUT2D eigenvalue weighted by Gasteiger charge is -2.23. The monoisotopic (exact) mass is 353 g/mol. The molecule has 0 fully saturated rings. The number of nitrogens with zero attached hydrogens (tertiary/aromatic N) is 1. The lowest BCUT2D eigenvalue weighted by atomic mass is 10.1. The zero-order valence-corrected chi connectivity index (χ0v) is 15.4. The third kappa shape index (κ3) is 5.01. The van der Waals surface area contributed by atoms with Crippen LogP contribution >= 0.6 is 0 Å². The van der Waals surface area contributed by atoms with Gasteiger partial charge in [-0.25, -0.2) is 0 Å². The maximum atomic E-state index is 12.8. The summed E-state index contributed by atoms with van der Waals surface area (Å²) < 4.78 is 10.8. The Morgan fingerprint density at radius 2 is 1.69 bits per heavy atom. The molecular formula is C22H27NO3. The molecule has 0 spiro atoms. The summed E-state index contributed by atoms with van der Waals surface area (Å²) in [6.45, 7) is 3.66. The minimum absolute atomic E-state index is 0.211. The maximum absolute atomic E-state index is 12.8. The Balaban J connectivity index is 1.68. The number of fused-ring (bicyclic) bond motifs is 1. The van der Waals surface area contributed by atoms with E-state index >= 15 is 0 Å². The molecular weight excluding hydrogens is 326 g/mol.